The highest BCUT2D eigenvalue weighted by Crippen LogP contribution is 2.16. The second kappa shape index (κ2) is 4.74. The van der Waals surface area contributed by atoms with Crippen molar-refractivity contribution >= 4 is 29.4 Å². The van der Waals surface area contributed by atoms with Crippen LogP contribution < -0.4 is 5.32 Å². The van der Waals surface area contributed by atoms with E-state index >= 15 is 0 Å². The smallest absolute Gasteiger partial charge is 0.275 e. The normalized spacial score (nSPS) is 16.6. The van der Waals surface area contributed by atoms with Gasteiger partial charge in [-0.15, -0.1) is 0 Å². The minimum atomic E-state index is -0.249. The number of hydrogen-bond donors (Lipinski definition) is 1. The molecule has 1 amide bonds. The van der Waals surface area contributed by atoms with E-state index in [0.29, 0.717) is 22.3 Å². The molecule has 5 heteroatoms. The van der Waals surface area contributed by atoms with E-state index in [9.17, 15) is 4.79 Å². The van der Waals surface area contributed by atoms with Crippen LogP contribution in [0.3, 0.4) is 0 Å². The van der Waals surface area contributed by atoms with Crippen LogP contribution in [0.2, 0.25) is 5.02 Å². The van der Waals surface area contributed by atoms with E-state index in [4.69, 9.17) is 16.0 Å². The molecule has 0 atom stereocenters. The van der Waals surface area contributed by atoms with Gasteiger partial charge in [0, 0.05) is 16.7 Å². The predicted molar refractivity (Wildman–Crippen MR) is 72.8 cm³/mol. The number of carbonyl (C=O) groups is 1. The molecule has 1 aliphatic rings. The largest absolute Gasteiger partial charge is 0.465 e. The van der Waals surface area contributed by atoms with E-state index in [-0.39, 0.29) is 5.91 Å². The first-order valence-corrected chi connectivity index (χ1v) is 6.01. The molecule has 1 aromatic carbocycles. The van der Waals surface area contributed by atoms with Crippen molar-refractivity contribution in [1.82, 2.24) is 5.32 Å². The zero-order chi connectivity index (χ0) is 13.2. The Kier molecular flexibility index (Phi) is 2.93. The van der Waals surface area contributed by atoms with Gasteiger partial charge < -0.3 is 9.73 Å². The third-order valence-electron chi connectivity index (χ3n) is 2.64. The lowest BCUT2D eigenvalue weighted by molar-refractivity contribution is -0.115. The second-order valence-electron chi connectivity index (χ2n) is 3.97. The van der Waals surface area contributed by atoms with Gasteiger partial charge in [0.25, 0.3) is 5.91 Å². The molecule has 2 aromatic rings. The lowest BCUT2D eigenvalue weighted by Crippen LogP contribution is -2.24. The number of carbonyl (C=O) groups excluding carboxylic acids is 1. The van der Waals surface area contributed by atoms with Gasteiger partial charge in [-0.3, -0.25) is 4.79 Å². The number of benzene rings is 1. The molecule has 0 aliphatic carbocycles. The molecule has 4 nitrogen and oxygen atoms in total. The Balaban J connectivity index is 1.93. The van der Waals surface area contributed by atoms with Crippen LogP contribution in [0.5, 0.6) is 0 Å². The molecule has 1 aromatic heterocycles. The van der Waals surface area contributed by atoms with E-state index in [2.05, 4.69) is 10.3 Å². The molecule has 19 heavy (non-hydrogen) atoms. The number of nitrogens with one attached hydrogen (secondary N) is 1. The van der Waals surface area contributed by atoms with Gasteiger partial charge in [0.2, 0.25) is 0 Å². The number of amides is 1. The molecule has 1 aliphatic heterocycles. The van der Waals surface area contributed by atoms with Gasteiger partial charge in [-0.1, -0.05) is 11.6 Å². The third-order valence-corrected chi connectivity index (χ3v) is 2.89. The maximum atomic E-state index is 11.8. The first-order valence-electron chi connectivity index (χ1n) is 5.63. The summed E-state index contributed by atoms with van der Waals surface area (Å²) in [7, 11) is 0. The molecule has 0 radical (unpaired) electrons. The van der Waals surface area contributed by atoms with Crippen molar-refractivity contribution < 1.29 is 9.21 Å². The molecule has 0 bridgehead atoms. The summed E-state index contributed by atoms with van der Waals surface area (Å²) < 4.78 is 5.16. The van der Waals surface area contributed by atoms with Crippen molar-refractivity contribution in [1.29, 1.82) is 0 Å². The average molecular weight is 273 g/mol. The number of furan rings is 1. The minimum absolute atomic E-state index is 0.249. The number of halogens is 1. The summed E-state index contributed by atoms with van der Waals surface area (Å²) in [6.45, 7) is 0. The quantitative estimate of drug-likeness (QED) is 0.855. The first-order chi connectivity index (χ1) is 9.22. The topological polar surface area (TPSA) is 54.6 Å². The number of rotatable bonds is 2. The highest BCUT2D eigenvalue weighted by atomic mass is 35.5. The van der Waals surface area contributed by atoms with E-state index in [1.165, 1.54) is 0 Å². The molecule has 1 N–H and O–H groups in total. The fourth-order valence-corrected chi connectivity index (χ4v) is 1.85. The van der Waals surface area contributed by atoms with Crippen LogP contribution in [-0.2, 0) is 4.79 Å². The molecular weight excluding hydrogens is 264 g/mol. The lowest BCUT2D eigenvalue weighted by atomic mass is 10.2. The fourth-order valence-electron chi connectivity index (χ4n) is 1.72. The van der Waals surface area contributed by atoms with Gasteiger partial charge in [-0.25, -0.2) is 4.99 Å². The summed E-state index contributed by atoms with van der Waals surface area (Å²) in [4.78, 5) is 16.0. The maximum absolute atomic E-state index is 11.8. The SMILES string of the molecule is O=C1NC(c2ccc(Cl)cc2)=N/C1=C/c1ccco1. The molecular formula is C14H9ClN2O2. The van der Waals surface area contributed by atoms with Crippen molar-refractivity contribution in [3.63, 3.8) is 0 Å². The van der Waals surface area contributed by atoms with Crippen molar-refractivity contribution in [2.45, 2.75) is 0 Å². The summed E-state index contributed by atoms with van der Waals surface area (Å²) in [5.74, 6) is 0.854. The second-order valence-corrected chi connectivity index (χ2v) is 4.40. The monoisotopic (exact) mass is 272 g/mol. The average Bonchev–Trinajstić information content (AvgIpc) is 3.02. The summed E-state index contributed by atoms with van der Waals surface area (Å²) >= 11 is 5.82. The molecule has 0 spiro atoms. The van der Waals surface area contributed by atoms with E-state index in [1.807, 2.05) is 0 Å². The molecule has 0 fully saturated rings. The predicted octanol–water partition coefficient (Wildman–Crippen LogP) is 2.85. The standard InChI is InChI=1S/C14H9ClN2O2/c15-10-5-3-9(4-6-10)13-16-12(14(18)17-13)8-11-2-1-7-19-11/h1-8H,(H,16,17,18)/b12-8+. The number of aliphatic imine (C=N–C) groups is 1. The number of hydrogen-bond acceptors (Lipinski definition) is 3. The Hall–Kier alpha value is -2.33. The molecule has 0 saturated heterocycles. The molecule has 94 valence electrons. The molecule has 2 heterocycles. The van der Waals surface area contributed by atoms with Crippen LogP contribution in [0.4, 0.5) is 0 Å². The highest BCUT2D eigenvalue weighted by molar-refractivity contribution is 6.30. The Morgan fingerprint density at radius 2 is 2.00 bits per heavy atom. The number of nitrogens with zero attached hydrogens (tertiary/aromatic N) is 1. The Bertz CT molecular complexity index is 670. The van der Waals surface area contributed by atoms with Crippen LogP contribution in [-0.4, -0.2) is 11.7 Å². The van der Waals surface area contributed by atoms with Gasteiger partial charge >= 0.3 is 0 Å². The fraction of sp³-hybridized carbons (Fsp3) is 0. The van der Waals surface area contributed by atoms with Crippen molar-refractivity contribution in [3.8, 4) is 0 Å². The van der Waals surface area contributed by atoms with Crippen LogP contribution in [0.15, 0.2) is 57.8 Å². The Morgan fingerprint density at radius 1 is 1.21 bits per heavy atom. The summed E-state index contributed by atoms with van der Waals surface area (Å²) in [6.07, 6.45) is 3.14. The van der Waals surface area contributed by atoms with E-state index in [0.717, 1.165) is 5.56 Å². The summed E-state index contributed by atoms with van der Waals surface area (Å²) in [6, 6.07) is 10.6. The van der Waals surface area contributed by atoms with Crippen LogP contribution in [0.25, 0.3) is 6.08 Å². The molecule has 0 unspecified atom stereocenters. The molecule has 0 saturated carbocycles. The van der Waals surface area contributed by atoms with Crippen molar-refractivity contribution in [2.75, 3.05) is 0 Å². The summed E-state index contributed by atoms with van der Waals surface area (Å²) in [5, 5.41) is 3.35. The third kappa shape index (κ3) is 2.44. The van der Waals surface area contributed by atoms with E-state index in [1.54, 1.807) is 48.7 Å². The highest BCUT2D eigenvalue weighted by Gasteiger charge is 2.21. The van der Waals surface area contributed by atoms with Gasteiger partial charge in [-0.05, 0) is 36.4 Å². The van der Waals surface area contributed by atoms with E-state index < -0.39 is 0 Å². The van der Waals surface area contributed by atoms with Gasteiger partial charge in [-0.2, -0.15) is 0 Å². The Labute approximate surface area is 114 Å². The van der Waals surface area contributed by atoms with Crippen molar-refractivity contribution in [3.05, 3.63) is 64.7 Å². The van der Waals surface area contributed by atoms with Gasteiger partial charge in [0.15, 0.2) is 0 Å². The maximum Gasteiger partial charge on any atom is 0.275 e. The zero-order valence-corrected chi connectivity index (χ0v) is 10.5. The lowest BCUT2D eigenvalue weighted by Gasteiger charge is -1.99. The van der Waals surface area contributed by atoms with Crippen LogP contribution in [0, 0.1) is 0 Å². The first kappa shape index (κ1) is 11.7. The van der Waals surface area contributed by atoms with Gasteiger partial charge in [0.05, 0.1) is 6.26 Å². The van der Waals surface area contributed by atoms with Crippen LogP contribution >= 0.6 is 11.6 Å². The minimum Gasteiger partial charge on any atom is -0.465 e. The van der Waals surface area contributed by atoms with Crippen molar-refractivity contribution in [2.24, 2.45) is 4.99 Å². The number of amidine groups is 1. The van der Waals surface area contributed by atoms with Gasteiger partial charge in [0.1, 0.15) is 17.3 Å². The zero-order valence-electron chi connectivity index (χ0n) is 9.76. The van der Waals surface area contributed by atoms with Crippen LogP contribution in [0.1, 0.15) is 11.3 Å². The molecule has 3 rings (SSSR count). The summed E-state index contributed by atoms with van der Waals surface area (Å²) in [5.41, 5.74) is 1.13. The Morgan fingerprint density at radius 3 is 2.68 bits per heavy atom.